The number of carbonyl (C=O) groups excluding carboxylic acids is 5. The molecule has 1 aliphatic carbocycles. The number of fused-ring (bicyclic) bond motifs is 5. The molecule has 1 amide bonds. The molecule has 1 saturated carbocycles. The van der Waals surface area contributed by atoms with Gasteiger partial charge in [-0.3, -0.25) is 14.4 Å². The van der Waals surface area contributed by atoms with Crippen molar-refractivity contribution in [3.05, 3.63) is 47.6 Å². The van der Waals surface area contributed by atoms with E-state index in [4.69, 9.17) is 28.4 Å². The van der Waals surface area contributed by atoms with E-state index in [-0.39, 0.29) is 60.9 Å². The summed E-state index contributed by atoms with van der Waals surface area (Å²) in [6.07, 6.45) is 12.6. The standard InChI is InChI=1S/C52H79NO13/c1-30-16-12-11-13-17-31(2)43(61-9)28-39-21-19-37(8)52(60,66-39)48(56)49(57)53-23-15-14-18-40(53)50(58)63-44(34(5)27-38-20-22-41(54)33(4)26-38)29-42(55)32(3)25-36(7)46-47(62-10)45(35(6)24-30)64-51(59)65-46/h11-13,16-17,25,30,32-35,37-41,43-47,54,60H,14-15,18-24,26-29H2,1-10H3/b13-11+,16-12+,31-17+,36-25+. The van der Waals surface area contributed by atoms with Crippen LogP contribution in [-0.4, -0.2) is 120 Å². The summed E-state index contributed by atoms with van der Waals surface area (Å²) < 4.78 is 35.8. The fourth-order valence-electron chi connectivity index (χ4n) is 10.9. The van der Waals surface area contributed by atoms with Crippen molar-refractivity contribution < 1.29 is 62.6 Å². The van der Waals surface area contributed by atoms with Crippen LogP contribution < -0.4 is 0 Å². The summed E-state index contributed by atoms with van der Waals surface area (Å²) in [6, 6.07) is -1.11. The second kappa shape index (κ2) is 24.0. The number of cyclic esters (lactones) is 1. The van der Waals surface area contributed by atoms with Crippen LogP contribution in [0.2, 0.25) is 0 Å². The third-order valence-electron chi connectivity index (χ3n) is 15.1. The Morgan fingerprint density at radius 3 is 2.27 bits per heavy atom. The summed E-state index contributed by atoms with van der Waals surface area (Å²) in [5.74, 6) is -6.72. The molecular formula is C52H79NO13. The zero-order valence-electron chi connectivity index (χ0n) is 41.1. The predicted octanol–water partition coefficient (Wildman–Crippen LogP) is 7.78. The van der Waals surface area contributed by atoms with Crippen molar-refractivity contribution in [2.45, 2.75) is 187 Å². The Morgan fingerprint density at radius 2 is 1.58 bits per heavy atom. The molecule has 4 heterocycles. The van der Waals surface area contributed by atoms with Gasteiger partial charge in [-0.25, -0.2) is 9.59 Å². The Morgan fingerprint density at radius 1 is 0.833 bits per heavy atom. The van der Waals surface area contributed by atoms with Crippen molar-refractivity contribution in [2.75, 3.05) is 20.8 Å². The number of rotatable bonds is 5. The maximum atomic E-state index is 14.4. The number of piperidine rings is 1. The maximum absolute atomic E-state index is 14.4. The first-order valence-electron chi connectivity index (χ1n) is 24.6. The van der Waals surface area contributed by atoms with Crippen LogP contribution in [0.1, 0.15) is 132 Å². The van der Waals surface area contributed by atoms with E-state index in [0.29, 0.717) is 56.9 Å². The van der Waals surface area contributed by atoms with Crippen molar-refractivity contribution in [1.29, 1.82) is 0 Å². The van der Waals surface area contributed by atoms with Gasteiger partial charge < -0.3 is 43.5 Å². The summed E-state index contributed by atoms with van der Waals surface area (Å²) in [7, 11) is 3.14. The van der Waals surface area contributed by atoms with Gasteiger partial charge in [0.2, 0.25) is 5.79 Å². The fraction of sp³-hybridized carbons (Fsp3) is 0.750. The molecule has 0 radical (unpaired) electrons. The first-order chi connectivity index (χ1) is 31.3. The molecular weight excluding hydrogens is 847 g/mol. The molecule has 370 valence electrons. The van der Waals surface area contributed by atoms with E-state index >= 15 is 0 Å². The van der Waals surface area contributed by atoms with Crippen LogP contribution in [0.15, 0.2) is 47.6 Å². The van der Waals surface area contributed by atoms with Gasteiger partial charge in [-0.2, -0.15) is 0 Å². The summed E-state index contributed by atoms with van der Waals surface area (Å²) >= 11 is 0. The van der Waals surface area contributed by atoms with Crippen LogP contribution >= 0.6 is 0 Å². The van der Waals surface area contributed by atoms with Gasteiger partial charge in [0.15, 0.2) is 6.10 Å². The number of aliphatic hydroxyl groups is 2. The summed E-state index contributed by atoms with van der Waals surface area (Å²) in [5.41, 5.74) is 1.52. The number of hydrogen-bond acceptors (Lipinski definition) is 13. The number of ketones is 2. The Kier molecular flexibility index (Phi) is 19.4. The van der Waals surface area contributed by atoms with Crippen molar-refractivity contribution in [3.8, 4) is 0 Å². The molecule has 0 spiro atoms. The Bertz CT molecular complexity index is 1820. The third kappa shape index (κ3) is 13.3. The molecule has 4 aliphatic heterocycles. The molecule has 0 aromatic carbocycles. The molecule has 2 N–H and O–H groups in total. The fourth-order valence-corrected chi connectivity index (χ4v) is 10.9. The van der Waals surface area contributed by atoms with Gasteiger partial charge in [0.05, 0.1) is 18.3 Å². The van der Waals surface area contributed by atoms with Crippen molar-refractivity contribution in [3.63, 3.8) is 0 Å². The van der Waals surface area contributed by atoms with Gasteiger partial charge in [-0.05, 0) is 119 Å². The Labute approximate surface area is 392 Å². The van der Waals surface area contributed by atoms with E-state index in [1.807, 2.05) is 52.0 Å². The number of ether oxygens (including phenoxy) is 6. The normalized spacial score (nSPS) is 41.7. The zero-order valence-corrected chi connectivity index (χ0v) is 41.1. The minimum Gasteiger partial charge on any atom is -0.460 e. The molecule has 5 rings (SSSR count). The first-order valence-corrected chi connectivity index (χ1v) is 24.6. The number of amides is 1. The van der Waals surface area contributed by atoms with Crippen LogP contribution in [-0.2, 0) is 47.6 Å². The predicted molar refractivity (Wildman–Crippen MR) is 248 cm³/mol. The van der Waals surface area contributed by atoms with Crippen LogP contribution in [0.4, 0.5) is 4.79 Å². The molecule has 4 bridgehead atoms. The largest absolute Gasteiger partial charge is 0.509 e. The van der Waals surface area contributed by atoms with E-state index < -0.39 is 84.1 Å². The van der Waals surface area contributed by atoms with Gasteiger partial charge in [-0.15, -0.1) is 0 Å². The van der Waals surface area contributed by atoms with Gasteiger partial charge in [0.25, 0.3) is 11.7 Å². The van der Waals surface area contributed by atoms with Gasteiger partial charge in [0.1, 0.15) is 30.1 Å². The highest BCUT2D eigenvalue weighted by Gasteiger charge is 2.53. The molecule has 0 aromatic rings. The van der Waals surface area contributed by atoms with Gasteiger partial charge >= 0.3 is 12.1 Å². The quantitative estimate of drug-likeness (QED) is 0.155. The Balaban J connectivity index is 1.49. The summed E-state index contributed by atoms with van der Waals surface area (Å²) in [4.78, 5) is 71.3. The SMILES string of the molecule is COC1CC2CCC(C)C(O)(O2)C(=O)C(=O)N2CCCCC2C(=O)OC(C(C)CC2CCC(O)C(C)C2)CC(=O)C(C)/C=C(\C)C2OC(=O)OC(C(C)CC(C)/C=C/C=C/C=C/1C)C2OC. The number of aliphatic hydroxyl groups excluding tert-OH is 1. The van der Waals surface area contributed by atoms with E-state index in [2.05, 4.69) is 13.0 Å². The molecule has 4 fully saturated rings. The second-order valence-corrected chi connectivity index (χ2v) is 20.4. The number of Topliss-reactive ketones (excluding diaryl/α,β-unsaturated/α-hetero) is 2. The van der Waals surface area contributed by atoms with Crippen molar-refractivity contribution in [1.82, 2.24) is 4.90 Å². The van der Waals surface area contributed by atoms with Crippen LogP contribution in [0.3, 0.4) is 0 Å². The van der Waals surface area contributed by atoms with E-state index in [1.165, 1.54) is 4.90 Å². The number of hydrogen-bond donors (Lipinski definition) is 2. The lowest BCUT2D eigenvalue weighted by Gasteiger charge is -2.42. The smallest absolute Gasteiger partial charge is 0.460 e. The molecule has 14 nitrogen and oxygen atoms in total. The van der Waals surface area contributed by atoms with Gasteiger partial charge in [-0.1, -0.05) is 78.0 Å². The molecule has 14 heteroatoms. The lowest BCUT2D eigenvalue weighted by Crippen LogP contribution is -2.61. The van der Waals surface area contributed by atoms with E-state index in [9.17, 15) is 34.2 Å². The minimum absolute atomic E-state index is 0.108. The number of carbonyl (C=O) groups is 5. The summed E-state index contributed by atoms with van der Waals surface area (Å²) in [5, 5.41) is 22.4. The van der Waals surface area contributed by atoms with Crippen molar-refractivity contribution >= 4 is 29.6 Å². The third-order valence-corrected chi connectivity index (χ3v) is 15.1. The summed E-state index contributed by atoms with van der Waals surface area (Å²) in [6.45, 7) is 15.4. The first kappa shape index (κ1) is 53.3. The van der Waals surface area contributed by atoms with Crippen LogP contribution in [0.5, 0.6) is 0 Å². The molecule has 3 saturated heterocycles. The highest BCUT2D eigenvalue weighted by molar-refractivity contribution is 6.39. The highest BCUT2D eigenvalue weighted by atomic mass is 16.8. The molecule has 5 aliphatic rings. The molecule has 16 atom stereocenters. The minimum atomic E-state index is -2.41. The highest BCUT2D eigenvalue weighted by Crippen LogP contribution is 2.39. The zero-order chi connectivity index (χ0) is 48.5. The number of nitrogens with zero attached hydrogens (tertiary/aromatic N) is 1. The number of methoxy groups -OCH3 is 2. The monoisotopic (exact) mass is 926 g/mol. The average molecular weight is 926 g/mol. The Hall–Kier alpha value is -3.69. The number of esters is 1. The lowest BCUT2D eigenvalue weighted by molar-refractivity contribution is -0.265. The second-order valence-electron chi connectivity index (χ2n) is 20.4. The molecule has 66 heavy (non-hydrogen) atoms. The number of allylic oxidation sites excluding steroid dienone is 6. The lowest BCUT2D eigenvalue weighted by atomic mass is 9.75. The maximum Gasteiger partial charge on any atom is 0.509 e. The molecule has 0 aromatic heterocycles. The van der Waals surface area contributed by atoms with E-state index in [0.717, 1.165) is 18.4 Å². The van der Waals surface area contributed by atoms with Crippen LogP contribution in [0, 0.1) is 41.4 Å². The van der Waals surface area contributed by atoms with Gasteiger partial charge in [0, 0.05) is 45.4 Å². The van der Waals surface area contributed by atoms with E-state index in [1.54, 1.807) is 41.1 Å². The van der Waals surface area contributed by atoms with Crippen molar-refractivity contribution in [2.24, 2.45) is 41.4 Å². The van der Waals surface area contributed by atoms with Crippen LogP contribution in [0.25, 0.3) is 0 Å². The topological polar surface area (TPSA) is 184 Å². The average Bonchev–Trinajstić information content (AvgIpc) is 3.28. The molecule has 16 unspecified atom stereocenters.